The standard InChI is InChI=1S/C22H28N4O/c1-22(2)13-16-20-18(14-22)26(12-11-25-9-4-3-5-10-25)17-8-6-7-15(19(17)20)21(27)24-23-16/h6-8H,3-5,9-14H2,1-2H3,(H,24,27). The molecule has 1 saturated heterocycles. The minimum absolute atomic E-state index is 0.0868. The molecule has 5 heteroatoms. The first-order chi connectivity index (χ1) is 13.0. The van der Waals surface area contributed by atoms with Crippen LogP contribution in [0.5, 0.6) is 0 Å². The number of nitrogens with one attached hydrogen (secondary N) is 1. The van der Waals surface area contributed by atoms with Gasteiger partial charge in [-0.3, -0.25) is 4.79 Å². The molecule has 1 amide bonds. The van der Waals surface area contributed by atoms with Crippen LogP contribution in [-0.4, -0.2) is 40.7 Å². The van der Waals surface area contributed by atoms with Crippen molar-refractivity contribution < 1.29 is 4.79 Å². The van der Waals surface area contributed by atoms with Crippen molar-refractivity contribution in [3.05, 3.63) is 35.0 Å². The maximum Gasteiger partial charge on any atom is 0.272 e. The quantitative estimate of drug-likeness (QED) is 0.905. The molecule has 0 atom stereocenters. The zero-order chi connectivity index (χ0) is 18.6. The topological polar surface area (TPSA) is 49.6 Å². The lowest BCUT2D eigenvalue weighted by Crippen LogP contribution is -2.34. The highest BCUT2D eigenvalue weighted by Gasteiger charge is 2.37. The summed E-state index contributed by atoms with van der Waals surface area (Å²) < 4.78 is 2.48. The molecular formula is C22H28N4O. The van der Waals surface area contributed by atoms with E-state index in [9.17, 15) is 4.79 Å². The summed E-state index contributed by atoms with van der Waals surface area (Å²) >= 11 is 0. The number of carbonyl (C=O) groups excluding carboxylic acids is 1. The number of benzene rings is 1. The average molecular weight is 364 g/mol. The molecule has 0 unspecified atom stereocenters. The lowest BCUT2D eigenvalue weighted by molar-refractivity contribution is 0.0956. The summed E-state index contributed by atoms with van der Waals surface area (Å²) in [5.74, 6) is -0.0868. The van der Waals surface area contributed by atoms with Gasteiger partial charge >= 0.3 is 0 Å². The number of aromatic nitrogens is 1. The molecule has 27 heavy (non-hydrogen) atoms. The zero-order valence-corrected chi connectivity index (χ0v) is 16.3. The van der Waals surface area contributed by atoms with Crippen molar-refractivity contribution in [2.75, 3.05) is 19.6 Å². The Hall–Kier alpha value is -2.14. The van der Waals surface area contributed by atoms with Gasteiger partial charge in [0.1, 0.15) is 0 Å². The third-order valence-corrected chi connectivity index (χ3v) is 6.40. The van der Waals surface area contributed by atoms with Crippen molar-refractivity contribution in [3.63, 3.8) is 0 Å². The SMILES string of the molecule is CC1(C)CC2=NNC(=O)c3cccc4c3c2c(n4CCN2CCCCC2)C1. The van der Waals surface area contributed by atoms with Crippen LogP contribution >= 0.6 is 0 Å². The molecule has 142 valence electrons. The number of hydrogen-bond acceptors (Lipinski definition) is 3. The van der Waals surface area contributed by atoms with Gasteiger partial charge in [0.05, 0.1) is 11.3 Å². The van der Waals surface area contributed by atoms with E-state index in [1.165, 1.54) is 49.1 Å². The molecule has 1 aromatic carbocycles. The smallest absolute Gasteiger partial charge is 0.272 e. The maximum absolute atomic E-state index is 12.6. The van der Waals surface area contributed by atoms with Crippen molar-refractivity contribution >= 4 is 22.5 Å². The highest BCUT2D eigenvalue weighted by Crippen LogP contribution is 2.42. The largest absolute Gasteiger partial charge is 0.343 e. The second-order valence-corrected chi connectivity index (χ2v) is 9.09. The summed E-state index contributed by atoms with van der Waals surface area (Å²) in [5, 5.41) is 5.63. The minimum Gasteiger partial charge on any atom is -0.343 e. The molecule has 0 spiro atoms. The Morgan fingerprint density at radius 2 is 1.93 bits per heavy atom. The van der Waals surface area contributed by atoms with E-state index in [-0.39, 0.29) is 11.3 Å². The van der Waals surface area contributed by atoms with E-state index in [0.29, 0.717) is 0 Å². The molecule has 0 radical (unpaired) electrons. The Kier molecular flexibility index (Phi) is 3.90. The molecule has 2 aromatic rings. The van der Waals surface area contributed by atoms with Gasteiger partial charge in [0.15, 0.2) is 0 Å². The fraction of sp³-hybridized carbons (Fsp3) is 0.545. The van der Waals surface area contributed by atoms with Gasteiger partial charge in [-0.25, -0.2) is 5.43 Å². The molecule has 1 fully saturated rings. The zero-order valence-electron chi connectivity index (χ0n) is 16.3. The van der Waals surface area contributed by atoms with E-state index in [2.05, 4.69) is 39.9 Å². The number of carbonyl (C=O) groups is 1. The minimum atomic E-state index is -0.0868. The fourth-order valence-electron chi connectivity index (χ4n) is 5.15. The molecule has 2 aliphatic heterocycles. The molecule has 5 rings (SSSR count). The van der Waals surface area contributed by atoms with Crippen LogP contribution in [-0.2, 0) is 13.0 Å². The van der Waals surface area contributed by atoms with Gasteiger partial charge in [-0.05, 0) is 56.3 Å². The first-order valence-corrected chi connectivity index (χ1v) is 10.3. The Morgan fingerprint density at radius 3 is 2.74 bits per heavy atom. The molecule has 1 aliphatic carbocycles. The third-order valence-electron chi connectivity index (χ3n) is 6.40. The Morgan fingerprint density at radius 1 is 1.11 bits per heavy atom. The molecule has 1 N–H and O–H groups in total. The van der Waals surface area contributed by atoms with E-state index in [1.807, 2.05) is 12.1 Å². The second kappa shape index (κ2) is 6.20. The van der Waals surface area contributed by atoms with Gasteiger partial charge in [0.25, 0.3) is 5.91 Å². The van der Waals surface area contributed by atoms with Crippen molar-refractivity contribution in [2.45, 2.75) is 52.5 Å². The van der Waals surface area contributed by atoms with E-state index < -0.39 is 0 Å². The summed E-state index contributed by atoms with van der Waals surface area (Å²) in [6, 6.07) is 6.12. The number of hydrogen-bond donors (Lipinski definition) is 1. The van der Waals surface area contributed by atoms with Crippen LogP contribution in [0.3, 0.4) is 0 Å². The first kappa shape index (κ1) is 17.0. The molecule has 5 nitrogen and oxygen atoms in total. The van der Waals surface area contributed by atoms with Crippen molar-refractivity contribution in [2.24, 2.45) is 10.5 Å². The van der Waals surface area contributed by atoms with E-state index in [0.717, 1.165) is 42.6 Å². The van der Waals surface area contributed by atoms with Crippen LogP contribution < -0.4 is 5.43 Å². The van der Waals surface area contributed by atoms with Crippen molar-refractivity contribution in [3.8, 4) is 0 Å². The number of nitrogens with zero attached hydrogens (tertiary/aromatic N) is 3. The van der Waals surface area contributed by atoms with Crippen LogP contribution in [0.1, 0.15) is 61.1 Å². The average Bonchev–Trinajstić information content (AvgIpc) is 2.89. The summed E-state index contributed by atoms with van der Waals surface area (Å²) in [5.41, 5.74) is 8.50. The number of amides is 1. The predicted molar refractivity (Wildman–Crippen MR) is 108 cm³/mol. The highest BCUT2D eigenvalue weighted by molar-refractivity contribution is 6.21. The normalized spacial score (nSPS) is 21.7. The van der Waals surface area contributed by atoms with Gasteiger partial charge in [0.2, 0.25) is 0 Å². The van der Waals surface area contributed by atoms with Crippen LogP contribution in [0.25, 0.3) is 10.9 Å². The van der Waals surface area contributed by atoms with E-state index in [1.54, 1.807) is 0 Å². The summed E-state index contributed by atoms with van der Waals surface area (Å²) in [7, 11) is 0. The maximum atomic E-state index is 12.6. The summed E-state index contributed by atoms with van der Waals surface area (Å²) in [4.78, 5) is 15.2. The van der Waals surface area contributed by atoms with E-state index >= 15 is 0 Å². The number of likely N-dealkylation sites (tertiary alicyclic amines) is 1. The fourth-order valence-corrected chi connectivity index (χ4v) is 5.15. The number of rotatable bonds is 3. The monoisotopic (exact) mass is 364 g/mol. The van der Waals surface area contributed by atoms with Gasteiger partial charge < -0.3 is 9.47 Å². The van der Waals surface area contributed by atoms with Crippen LogP contribution in [0.15, 0.2) is 23.3 Å². The molecular weight excluding hydrogens is 336 g/mol. The lowest BCUT2D eigenvalue weighted by atomic mass is 9.75. The Bertz CT molecular complexity index is 947. The molecule has 0 saturated carbocycles. The molecule has 3 aliphatic rings. The Balaban J connectivity index is 1.65. The first-order valence-electron chi connectivity index (χ1n) is 10.3. The summed E-state index contributed by atoms with van der Waals surface area (Å²) in [6.07, 6.45) is 5.94. The number of piperidine rings is 1. The molecule has 3 heterocycles. The van der Waals surface area contributed by atoms with Crippen LogP contribution in [0, 0.1) is 5.41 Å². The lowest BCUT2D eigenvalue weighted by Gasteiger charge is -2.32. The predicted octanol–water partition coefficient (Wildman–Crippen LogP) is 3.55. The Labute approximate surface area is 160 Å². The van der Waals surface area contributed by atoms with Gasteiger partial charge in [0, 0.05) is 35.2 Å². The van der Waals surface area contributed by atoms with Crippen molar-refractivity contribution in [1.29, 1.82) is 0 Å². The molecule has 0 bridgehead atoms. The third kappa shape index (κ3) is 2.80. The van der Waals surface area contributed by atoms with Crippen LogP contribution in [0.2, 0.25) is 0 Å². The van der Waals surface area contributed by atoms with E-state index in [4.69, 9.17) is 0 Å². The van der Waals surface area contributed by atoms with Crippen LogP contribution in [0.4, 0.5) is 0 Å². The van der Waals surface area contributed by atoms with Gasteiger partial charge in [-0.1, -0.05) is 26.3 Å². The van der Waals surface area contributed by atoms with Crippen molar-refractivity contribution in [1.82, 2.24) is 14.9 Å². The van der Waals surface area contributed by atoms with Gasteiger partial charge in [-0.2, -0.15) is 5.10 Å². The second-order valence-electron chi connectivity index (χ2n) is 9.09. The molecule has 1 aromatic heterocycles. The summed E-state index contributed by atoms with van der Waals surface area (Å²) in [6.45, 7) is 9.11. The number of hydrazone groups is 1. The van der Waals surface area contributed by atoms with Gasteiger partial charge in [-0.15, -0.1) is 0 Å². The highest BCUT2D eigenvalue weighted by atomic mass is 16.2.